The molecular formula is C34H33N5O5. The fourth-order valence-corrected chi connectivity index (χ4v) is 5.64. The van der Waals surface area contributed by atoms with Crippen LogP contribution in [0.1, 0.15) is 36.5 Å². The Balaban J connectivity index is 1.20. The lowest BCUT2D eigenvalue weighted by Crippen LogP contribution is -2.35. The summed E-state index contributed by atoms with van der Waals surface area (Å²) in [5, 5.41) is 5.23. The van der Waals surface area contributed by atoms with Crippen molar-refractivity contribution in [2.75, 3.05) is 37.9 Å². The summed E-state index contributed by atoms with van der Waals surface area (Å²) in [5.74, 6) is 4.53. The van der Waals surface area contributed by atoms with Crippen molar-refractivity contribution in [3.63, 3.8) is 0 Å². The molecule has 1 fully saturated rings. The number of rotatable bonds is 7. The highest BCUT2D eigenvalue weighted by Gasteiger charge is 2.27. The molecular weight excluding hydrogens is 558 g/mol. The number of fused-ring (bicyclic) bond motifs is 2. The van der Waals surface area contributed by atoms with Crippen LogP contribution in [0.25, 0.3) is 22.4 Å². The quantitative estimate of drug-likeness (QED) is 0.214. The Kier molecular flexibility index (Phi) is 7.47. The Morgan fingerprint density at radius 3 is 2.59 bits per heavy atom. The zero-order valence-corrected chi connectivity index (χ0v) is 24.7. The van der Waals surface area contributed by atoms with Gasteiger partial charge in [-0.25, -0.2) is 4.98 Å². The van der Waals surface area contributed by atoms with E-state index in [-0.39, 0.29) is 12.7 Å². The predicted molar refractivity (Wildman–Crippen MR) is 165 cm³/mol. The van der Waals surface area contributed by atoms with E-state index >= 15 is 0 Å². The Morgan fingerprint density at radius 1 is 0.886 bits per heavy atom. The van der Waals surface area contributed by atoms with E-state index in [1.165, 1.54) is 0 Å². The maximum absolute atomic E-state index is 13.5. The zero-order chi connectivity index (χ0) is 30.0. The number of hydrogen-bond donors (Lipinski definition) is 0. The minimum Gasteiger partial charge on any atom is -0.457 e. The lowest BCUT2D eigenvalue weighted by molar-refractivity contribution is 0.0766. The van der Waals surface area contributed by atoms with Gasteiger partial charge in [0.15, 0.2) is 11.5 Å². The number of nitrogens with zero attached hydrogens (tertiary/aromatic N) is 5. The van der Waals surface area contributed by atoms with Crippen LogP contribution >= 0.6 is 0 Å². The summed E-state index contributed by atoms with van der Waals surface area (Å²) < 4.78 is 22.9. The van der Waals surface area contributed by atoms with Crippen molar-refractivity contribution < 1.29 is 23.5 Å². The fraction of sp³-hybridized carbons (Fsp3) is 0.294. The summed E-state index contributed by atoms with van der Waals surface area (Å²) in [4.78, 5) is 27.4. The highest BCUT2D eigenvalue weighted by molar-refractivity contribution is 5.98. The van der Waals surface area contributed by atoms with E-state index < -0.39 is 0 Å². The Morgan fingerprint density at radius 2 is 1.73 bits per heavy atom. The molecule has 10 nitrogen and oxygen atoms in total. The molecule has 0 unspecified atom stereocenters. The highest BCUT2D eigenvalue weighted by Crippen LogP contribution is 2.37. The van der Waals surface area contributed by atoms with Crippen molar-refractivity contribution in [1.82, 2.24) is 20.0 Å². The number of amides is 1. The van der Waals surface area contributed by atoms with Crippen LogP contribution in [0.4, 0.5) is 5.82 Å². The summed E-state index contributed by atoms with van der Waals surface area (Å²) in [6.07, 6.45) is 1.49. The summed E-state index contributed by atoms with van der Waals surface area (Å²) in [5.41, 5.74) is 2.54. The van der Waals surface area contributed by atoms with Crippen LogP contribution in [-0.2, 0) is 6.42 Å². The number of hydrogen-bond acceptors (Lipinski definition) is 9. The number of carbonyl (C=O) groups is 1. The summed E-state index contributed by atoms with van der Waals surface area (Å²) in [7, 11) is 0. The second-order valence-corrected chi connectivity index (χ2v) is 11.4. The summed E-state index contributed by atoms with van der Waals surface area (Å²) >= 11 is 0. The first kappa shape index (κ1) is 27.7. The smallest absolute Gasteiger partial charge is 0.263 e. The van der Waals surface area contributed by atoms with Gasteiger partial charge >= 0.3 is 0 Å². The average Bonchev–Trinajstić information content (AvgIpc) is 3.61. The van der Waals surface area contributed by atoms with Gasteiger partial charge in [-0.15, -0.1) is 0 Å². The monoisotopic (exact) mass is 591 g/mol. The number of ether oxygens (including phenoxy) is 3. The van der Waals surface area contributed by atoms with Crippen molar-refractivity contribution in [2.45, 2.75) is 26.7 Å². The Hall–Kier alpha value is -5.12. The third-order valence-electron chi connectivity index (χ3n) is 7.74. The third-order valence-corrected chi connectivity index (χ3v) is 7.74. The van der Waals surface area contributed by atoms with E-state index in [0.717, 1.165) is 35.5 Å². The molecule has 0 saturated carbocycles. The number of anilines is 1. The maximum Gasteiger partial charge on any atom is 0.263 e. The minimum absolute atomic E-state index is 0.0284. The van der Waals surface area contributed by atoms with Gasteiger partial charge in [-0.1, -0.05) is 49.3 Å². The molecule has 0 N–H and O–H groups in total. The van der Waals surface area contributed by atoms with E-state index in [1.54, 1.807) is 18.2 Å². The van der Waals surface area contributed by atoms with Crippen LogP contribution in [0.2, 0.25) is 0 Å². The van der Waals surface area contributed by atoms with Crippen LogP contribution in [0, 0.1) is 5.92 Å². The lowest BCUT2D eigenvalue weighted by atomic mass is 10.1. The molecule has 5 aromatic rings. The largest absolute Gasteiger partial charge is 0.457 e. The van der Waals surface area contributed by atoms with Crippen molar-refractivity contribution in [3.8, 4) is 34.3 Å². The molecule has 7 rings (SSSR count). The molecule has 1 amide bonds. The van der Waals surface area contributed by atoms with Crippen LogP contribution in [0.15, 0.2) is 77.3 Å². The molecule has 2 aromatic heterocycles. The van der Waals surface area contributed by atoms with Crippen molar-refractivity contribution in [3.05, 3.63) is 84.2 Å². The van der Waals surface area contributed by atoms with Gasteiger partial charge in [0.2, 0.25) is 6.79 Å². The molecule has 0 spiro atoms. The lowest BCUT2D eigenvalue weighted by Gasteiger charge is -2.24. The molecule has 4 heterocycles. The maximum atomic E-state index is 13.5. The number of benzene rings is 3. The zero-order valence-electron chi connectivity index (χ0n) is 24.7. The van der Waals surface area contributed by atoms with Crippen LogP contribution in [-0.4, -0.2) is 58.9 Å². The van der Waals surface area contributed by atoms with Crippen molar-refractivity contribution in [2.24, 2.45) is 5.92 Å². The van der Waals surface area contributed by atoms with Gasteiger partial charge in [-0.2, -0.15) is 4.98 Å². The standard InChI is InChI=1S/C34H33N5O5/c1-22(2)18-29-35-32(38-14-7-15-39(17-16-38)34(40)24-12-13-27-28(20-24)42-21-41-27)30-31(37-44-33(30)36-29)23-8-6-11-26(19-23)43-25-9-4-3-5-10-25/h3-6,8-13,19-20,22H,7,14-18,21H2,1-2H3. The average molecular weight is 592 g/mol. The highest BCUT2D eigenvalue weighted by atomic mass is 16.7. The molecule has 224 valence electrons. The van der Waals surface area contributed by atoms with E-state index in [4.69, 9.17) is 28.7 Å². The van der Waals surface area contributed by atoms with Gasteiger partial charge < -0.3 is 28.5 Å². The van der Waals surface area contributed by atoms with Crippen LogP contribution in [0.3, 0.4) is 0 Å². The molecule has 3 aromatic carbocycles. The van der Waals surface area contributed by atoms with Gasteiger partial charge in [-0.3, -0.25) is 4.79 Å². The molecule has 0 radical (unpaired) electrons. The number of carbonyl (C=O) groups excluding carboxylic acids is 1. The molecule has 44 heavy (non-hydrogen) atoms. The SMILES string of the molecule is CC(C)Cc1nc(N2CCCN(C(=O)c3ccc4c(c3)OCO4)CC2)c2c(-c3cccc(Oc4ccccc4)c3)noc2n1. The molecule has 10 heteroatoms. The normalized spacial score (nSPS) is 14.7. The van der Waals surface area contributed by atoms with E-state index in [0.29, 0.717) is 72.0 Å². The van der Waals surface area contributed by atoms with Crippen LogP contribution in [0.5, 0.6) is 23.0 Å². The first-order chi connectivity index (χ1) is 21.5. The first-order valence-corrected chi connectivity index (χ1v) is 15.0. The summed E-state index contributed by atoms with van der Waals surface area (Å²) in [6.45, 7) is 6.95. The first-order valence-electron chi connectivity index (χ1n) is 15.0. The van der Waals surface area contributed by atoms with Crippen LogP contribution < -0.4 is 19.1 Å². The topological polar surface area (TPSA) is 103 Å². The second-order valence-electron chi connectivity index (χ2n) is 11.4. The predicted octanol–water partition coefficient (Wildman–Crippen LogP) is 6.36. The van der Waals surface area contributed by atoms with E-state index in [2.05, 4.69) is 23.9 Å². The Labute approximate surface area is 255 Å². The number of para-hydroxylation sites is 1. The van der Waals surface area contributed by atoms with Gasteiger partial charge in [0.25, 0.3) is 11.6 Å². The molecule has 0 bridgehead atoms. The molecule has 2 aliphatic heterocycles. The fourth-order valence-electron chi connectivity index (χ4n) is 5.64. The van der Waals surface area contributed by atoms with Crippen molar-refractivity contribution >= 4 is 22.8 Å². The molecule has 0 atom stereocenters. The van der Waals surface area contributed by atoms with E-state index in [1.807, 2.05) is 59.5 Å². The van der Waals surface area contributed by atoms with Gasteiger partial charge in [0.1, 0.15) is 34.2 Å². The molecule has 0 aliphatic carbocycles. The van der Waals surface area contributed by atoms with Gasteiger partial charge in [0.05, 0.1) is 0 Å². The van der Waals surface area contributed by atoms with E-state index in [9.17, 15) is 4.79 Å². The minimum atomic E-state index is -0.0284. The van der Waals surface area contributed by atoms with Gasteiger partial charge in [-0.05, 0) is 54.8 Å². The molecule has 2 aliphatic rings. The number of aromatic nitrogens is 3. The molecule has 1 saturated heterocycles. The Bertz CT molecular complexity index is 1810. The third kappa shape index (κ3) is 5.62. The second kappa shape index (κ2) is 11.9. The van der Waals surface area contributed by atoms with Gasteiger partial charge in [0, 0.05) is 43.7 Å². The van der Waals surface area contributed by atoms with Crippen molar-refractivity contribution in [1.29, 1.82) is 0 Å². The summed E-state index contributed by atoms with van der Waals surface area (Å²) in [6, 6.07) is 22.8.